The number of carbonyl (C=O) groups excluding carboxylic acids is 1. The van der Waals surface area contributed by atoms with E-state index < -0.39 is 5.97 Å². The minimum Gasteiger partial charge on any atom is -0.508 e. The fourth-order valence-electron chi connectivity index (χ4n) is 1.43. The lowest BCUT2D eigenvalue weighted by molar-refractivity contribution is -0.139. The zero-order valence-electron chi connectivity index (χ0n) is 11.3. The molecule has 0 spiro atoms. The molecular formula is C15H17NO3. The molecule has 0 aliphatic rings. The third-order valence-corrected chi connectivity index (χ3v) is 2.44. The number of benzene rings is 1. The first-order valence-electron chi connectivity index (χ1n) is 6.02. The Bertz CT molecular complexity index is 539. The van der Waals surface area contributed by atoms with Crippen LogP contribution in [-0.4, -0.2) is 17.7 Å². The number of nitriles is 1. The summed E-state index contributed by atoms with van der Waals surface area (Å²) in [7, 11) is 0. The highest BCUT2D eigenvalue weighted by molar-refractivity contribution is 5.98. The summed E-state index contributed by atoms with van der Waals surface area (Å²) in [6.45, 7) is 5.92. The summed E-state index contributed by atoms with van der Waals surface area (Å²) in [6, 6.07) is 6.57. The second-order valence-corrected chi connectivity index (χ2v) is 4.70. The SMILES string of the molecule is Cc1cc(O)ccc1C=C(C#N)C(=O)OCC(C)C. The van der Waals surface area contributed by atoms with E-state index in [1.54, 1.807) is 19.1 Å². The standard InChI is InChI=1S/C15H17NO3/c1-10(2)9-19-15(18)13(8-16)7-12-4-5-14(17)6-11(12)3/h4-7,10,17H,9H2,1-3H3. The number of aryl methyl sites for hydroxylation is 1. The van der Waals surface area contributed by atoms with Crippen LogP contribution in [0.15, 0.2) is 23.8 Å². The van der Waals surface area contributed by atoms with E-state index in [0.717, 1.165) is 5.56 Å². The van der Waals surface area contributed by atoms with E-state index in [1.807, 2.05) is 19.9 Å². The summed E-state index contributed by atoms with van der Waals surface area (Å²) >= 11 is 0. The minimum absolute atomic E-state index is 0.0468. The molecule has 0 heterocycles. The first-order chi connectivity index (χ1) is 8.93. The van der Waals surface area contributed by atoms with Crippen molar-refractivity contribution in [2.24, 2.45) is 5.92 Å². The molecule has 0 unspecified atom stereocenters. The number of ether oxygens (including phenoxy) is 1. The van der Waals surface area contributed by atoms with E-state index in [9.17, 15) is 9.90 Å². The summed E-state index contributed by atoms with van der Waals surface area (Å²) < 4.78 is 5.01. The van der Waals surface area contributed by atoms with Crippen LogP contribution in [-0.2, 0) is 9.53 Å². The van der Waals surface area contributed by atoms with Gasteiger partial charge in [0.25, 0.3) is 0 Å². The Morgan fingerprint density at radius 1 is 1.53 bits per heavy atom. The van der Waals surface area contributed by atoms with E-state index in [1.165, 1.54) is 12.1 Å². The molecule has 1 aromatic rings. The van der Waals surface area contributed by atoms with Gasteiger partial charge >= 0.3 is 5.97 Å². The van der Waals surface area contributed by atoms with Crippen molar-refractivity contribution in [1.82, 2.24) is 0 Å². The lowest BCUT2D eigenvalue weighted by atomic mass is 10.1. The molecule has 0 aliphatic carbocycles. The maximum Gasteiger partial charge on any atom is 0.348 e. The maximum absolute atomic E-state index is 11.7. The highest BCUT2D eigenvalue weighted by Gasteiger charge is 2.12. The van der Waals surface area contributed by atoms with E-state index in [0.29, 0.717) is 5.56 Å². The van der Waals surface area contributed by atoms with Crippen LogP contribution in [0.1, 0.15) is 25.0 Å². The van der Waals surface area contributed by atoms with Crippen molar-refractivity contribution in [1.29, 1.82) is 5.26 Å². The number of rotatable bonds is 4. The Kier molecular flexibility index (Phi) is 5.13. The van der Waals surface area contributed by atoms with Crippen LogP contribution >= 0.6 is 0 Å². The molecule has 0 amide bonds. The molecule has 0 bridgehead atoms. The second-order valence-electron chi connectivity index (χ2n) is 4.70. The number of carbonyl (C=O) groups is 1. The molecular weight excluding hydrogens is 242 g/mol. The molecule has 4 heteroatoms. The Hall–Kier alpha value is -2.28. The van der Waals surface area contributed by atoms with Gasteiger partial charge in [0, 0.05) is 0 Å². The van der Waals surface area contributed by atoms with Gasteiger partial charge in [-0.25, -0.2) is 4.79 Å². The quantitative estimate of drug-likeness (QED) is 0.513. The first-order valence-corrected chi connectivity index (χ1v) is 6.02. The van der Waals surface area contributed by atoms with Crippen molar-refractivity contribution in [2.75, 3.05) is 6.61 Å². The summed E-state index contributed by atoms with van der Waals surface area (Å²) in [4.78, 5) is 11.7. The average Bonchev–Trinajstić information content (AvgIpc) is 2.35. The van der Waals surface area contributed by atoms with Gasteiger partial charge in [0.1, 0.15) is 17.4 Å². The molecule has 0 aliphatic heterocycles. The largest absolute Gasteiger partial charge is 0.508 e. The molecule has 0 saturated carbocycles. The van der Waals surface area contributed by atoms with Crippen LogP contribution in [0.4, 0.5) is 0 Å². The van der Waals surface area contributed by atoms with Gasteiger partial charge in [-0.15, -0.1) is 0 Å². The molecule has 100 valence electrons. The lowest BCUT2D eigenvalue weighted by Gasteiger charge is -2.06. The second kappa shape index (κ2) is 6.60. The van der Waals surface area contributed by atoms with E-state index in [-0.39, 0.29) is 23.8 Å². The van der Waals surface area contributed by atoms with Crippen molar-refractivity contribution < 1.29 is 14.6 Å². The molecule has 1 aromatic carbocycles. The predicted molar refractivity (Wildman–Crippen MR) is 72.2 cm³/mol. The Balaban J connectivity index is 2.93. The topological polar surface area (TPSA) is 70.3 Å². The van der Waals surface area contributed by atoms with Crippen molar-refractivity contribution >= 4 is 12.0 Å². The number of nitrogens with zero attached hydrogens (tertiary/aromatic N) is 1. The van der Waals surface area contributed by atoms with Crippen LogP contribution in [0.2, 0.25) is 0 Å². The third kappa shape index (κ3) is 4.47. The molecule has 0 saturated heterocycles. The van der Waals surface area contributed by atoms with Gasteiger partial charge in [-0.3, -0.25) is 0 Å². The molecule has 0 atom stereocenters. The van der Waals surface area contributed by atoms with E-state index in [4.69, 9.17) is 10.00 Å². The number of aromatic hydroxyl groups is 1. The van der Waals surface area contributed by atoms with Crippen LogP contribution in [0.25, 0.3) is 6.08 Å². The lowest BCUT2D eigenvalue weighted by Crippen LogP contribution is -2.11. The number of esters is 1. The fraction of sp³-hybridized carbons (Fsp3) is 0.333. The number of hydrogen-bond acceptors (Lipinski definition) is 4. The molecule has 4 nitrogen and oxygen atoms in total. The van der Waals surface area contributed by atoms with Crippen molar-refractivity contribution in [3.05, 3.63) is 34.9 Å². The van der Waals surface area contributed by atoms with Gasteiger partial charge in [0.2, 0.25) is 0 Å². The Morgan fingerprint density at radius 3 is 2.74 bits per heavy atom. The number of hydrogen-bond donors (Lipinski definition) is 1. The predicted octanol–water partition coefficient (Wildman–Crippen LogP) is 2.81. The highest BCUT2D eigenvalue weighted by Crippen LogP contribution is 2.18. The van der Waals surface area contributed by atoms with Gasteiger partial charge in [0.15, 0.2) is 0 Å². The number of phenolic OH excluding ortho intramolecular Hbond substituents is 1. The molecule has 0 aromatic heterocycles. The molecule has 1 N–H and O–H groups in total. The fourth-order valence-corrected chi connectivity index (χ4v) is 1.43. The molecule has 1 rings (SSSR count). The molecule has 19 heavy (non-hydrogen) atoms. The normalized spacial score (nSPS) is 11.2. The smallest absolute Gasteiger partial charge is 0.348 e. The maximum atomic E-state index is 11.7. The molecule has 0 radical (unpaired) electrons. The zero-order valence-corrected chi connectivity index (χ0v) is 11.3. The summed E-state index contributed by atoms with van der Waals surface area (Å²) in [5.41, 5.74) is 1.44. The monoisotopic (exact) mass is 259 g/mol. The average molecular weight is 259 g/mol. The van der Waals surface area contributed by atoms with Crippen LogP contribution < -0.4 is 0 Å². The first kappa shape index (κ1) is 14.8. The van der Waals surface area contributed by atoms with Gasteiger partial charge in [0.05, 0.1) is 6.61 Å². The van der Waals surface area contributed by atoms with Crippen LogP contribution in [0.5, 0.6) is 5.75 Å². The Morgan fingerprint density at radius 2 is 2.21 bits per heavy atom. The summed E-state index contributed by atoms with van der Waals surface area (Å²) in [5, 5.41) is 18.3. The summed E-state index contributed by atoms with van der Waals surface area (Å²) in [5.74, 6) is -0.251. The Labute approximate surface area is 112 Å². The number of phenols is 1. The van der Waals surface area contributed by atoms with Gasteiger partial charge < -0.3 is 9.84 Å². The van der Waals surface area contributed by atoms with Crippen LogP contribution in [0, 0.1) is 24.2 Å². The minimum atomic E-state index is -0.622. The van der Waals surface area contributed by atoms with Crippen molar-refractivity contribution in [3.8, 4) is 11.8 Å². The van der Waals surface area contributed by atoms with Gasteiger partial charge in [-0.2, -0.15) is 5.26 Å². The summed E-state index contributed by atoms with van der Waals surface area (Å²) in [6.07, 6.45) is 1.47. The third-order valence-electron chi connectivity index (χ3n) is 2.44. The van der Waals surface area contributed by atoms with E-state index >= 15 is 0 Å². The van der Waals surface area contributed by atoms with Crippen molar-refractivity contribution in [2.45, 2.75) is 20.8 Å². The van der Waals surface area contributed by atoms with Gasteiger partial charge in [-0.05, 0) is 42.2 Å². The highest BCUT2D eigenvalue weighted by atomic mass is 16.5. The van der Waals surface area contributed by atoms with Crippen molar-refractivity contribution in [3.63, 3.8) is 0 Å². The zero-order chi connectivity index (χ0) is 14.4. The molecule has 0 fully saturated rings. The van der Waals surface area contributed by atoms with E-state index in [2.05, 4.69) is 0 Å². The van der Waals surface area contributed by atoms with Gasteiger partial charge in [-0.1, -0.05) is 19.9 Å². The van der Waals surface area contributed by atoms with Crippen LogP contribution in [0.3, 0.4) is 0 Å².